The van der Waals surface area contributed by atoms with Crippen LogP contribution in [0.1, 0.15) is 19.4 Å². The lowest BCUT2D eigenvalue weighted by atomic mass is 10.1. The number of rotatable bonds is 5. The molecule has 8 nitrogen and oxygen atoms in total. The van der Waals surface area contributed by atoms with Gasteiger partial charge in [-0.15, -0.1) is 0 Å². The van der Waals surface area contributed by atoms with E-state index >= 15 is 0 Å². The number of benzene rings is 1. The number of hydrogen-bond acceptors (Lipinski definition) is 5. The molecule has 2 heterocycles. The number of carbonyl (C=O) groups excluding carboxylic acids is 2. The van der Waals surface area contributed by atoms with E-state index in [0.29, 0.717) is 30.5 Å². The van der Waals surface area contributed by atoms with Crippen molar-refractivity contribution in [3.63, 3.8) is 0 Å². The number of aromatic hydroxyl groups is 1. The first-order chi connectivity index (χ1) is 12.9. The largest absolute Gasteiger partial charge is 0.504 e. The maximum atomic E-state index is 12.7. The molecular weight excluding hydrogens is 348 g/mol. The van der Waals surface area contributed by atoms with Gasteiger partial charge < -0.3 is 9.84 Å². The van der Waals surface area contributed by atoms with Gasteiger partial charge in [0, 0.05) is 19.2 Å². The molecule has 0 radical (unpaired) electrons. The van der Waals surface area contributed by atoms with Gasteiger partial charge in [-0.3, -0.25) is 14.6 Å². The Kier molecular flexibility index (Phi) is 4.98. The van der Waals surface area contributed by atoms with Crippen LogP contribution in [0.25, 0.3) is 6.08 Å². The average molecular weight is 371 g/mol. The minimum atomic E-state index is -0.605. The molecule has 1 aromatic rings. The summed E-state index contributed by atoms with van der Waals surface area (Å²) in [6.45, 7) is 4.40. The molecule has 1 atom stereocenters. The zero-order chi connectivity index (χ0) is 19.7. The van der Waals surface area contributed by atoms with E-state index in [1.165, 1.54) is 16.9 Å². The summed E-state index contributed by atoms with van der Waals surface area (Å²) in [4.78, 5) is 32.5. The Hall–Kier alpha value is -3.16. The van der Waals surface area contributed by atoms with Crippen LogP contribution in [0.15, 0.2) is 29.3 Å². The van der Waals surface area contributed by atoms with E-state index in [2.05, 4.69) is 4.99 Å². The SMILES string of the molecule is CCN1C(=O)C2C(=NC(/C=C/c3ccc(OC)c(O)c3)=[N+]2C)N(CC)C1=O. The molecule has 0 saturated carbocycles. The molecule has 2 aliphatic rings. The summed E-state index contributed by atoms with van der Waals surface area (Å²) in [5, 5.41) is 9.89. The standard InChI is InChI=1S/C19H22N4O4/c1-5-22-17-16(18(25)23(6-2)19(22)26)21(3)15(20-17)10-8-12-7-9-14(27-4)13(24)11-12/h7-11,16H,5-6H2,1-4H3/p+1/b10-8+. The Morgan fingerprint density at radius 2 is 1.93 bits per heavy atom. The molecule has 8 heteroatoms. The molecule has 0 bridgehead atoms. The molecule has 3 amide bonds. The number of phenols is 1. The zero-order valence-electron chi connectivity index (χ0n) is 15.8. The number of ether oxygens (including phenoxy) is 1. The van der Waals surface area contributed by atoms with Crippen molar-refractivity contribution in [2.24, 2.45) is 4.99 Å². The summed E-state index contributed by atoms with van der Waals surface area (Å²) in [5.41, 5.74) is 0.759. The third-order valence-corrected chi connectivity index (χ3v) is 4.72. The summed E-state index contributed by atoms with van der Waals surface area (Å²) in [5.74, 6) is 1.20. The predicted octanol–water partition coefficient (Wildman–Crippen LogP) is 1.54. The number of nitrogens with zero attached hydrogens (tertiary/aromatic N) is 4. The van der Waals surface area contributed by atoms with Gasteiger partial charge in [-0.05, 0) is 42.6 Å². The molecule has 3 rings (SSSR count). The van der Waals surface area contributed by atoms with Crippen molar-refractivity contribution in [1.82, 2.24) is 9.80 Å². The van der Waals surface area contributed by atoms with E-state index in [9.17, 15) is 14.7 Å². The molecule has 1 N–H and O–H groups in total. The fraction of sp³-hybridized carbons (Fsp3) is 0.368. The molecule has 1 saturated heterocycles. The number of aliphatic imine (C=N–C) groups is 1. The van der Waals surface area contributed by atoms with Crippen LogP contribution in [-0.2, 0) is 4.79 Å². The minimum Gasteiger partial charge on any atom is -0.504 e. The van der Waals surface area contributed by atoms with E-state index in [4.69, 9.17) is 4.74 Å². The van der Waals surface area contributed by atoms with Crippen molar-refractivity contribution < 1.29 is 24.0 Å². The third kappa shape index (κ3) is 3.07. The number of amidine groups is 2. The highest BCUT2D eigenvalue weighted by atomic mass is 16.5. The van der Waals surface area contributed by atoms with Crippen molar-refractivity contribution >= 4 is 29.7 Å². The van der Waals surface area contributed by atoms with Gasteiger partial charge in [-0.1, -0.05) is 6.07 Å². The van der Waals surface area contributed by atoms with Gasteiger partial charge in [0.2, 0.25) is 0 Å². The fourth-order valence-corrected chi connectivity index (χ4v) is 3.26. The quantitative estimate of drug-likeness (QED) is 0.796. The Morgan fingerprint density at radius 3 is 2.52 bits per heavy atom. The molecule has 1 fully saturated rings. The van der Waals surface area contributed by atoms with E-state index < -0.39 is 6.04 Å². The third-order valence-electron chi connectivity index (χ3n) is 4.72. The van der Waals surface area contributed by atoms with Crippen molar-refractivity contribution in [2.75, 3.05) is 27.2 Å². The zero-order valence-corrected chi connectivity index (χ0v) is 15.8. The maximum Gasteiger partial charge on any atom is 0.334 e. The van der Waals surface area contributed by atoms with Crippen molar-refractivity contribution in [3.05, 3.63) is 29.8 Å². The van der Waals surface area contributed by atoms with E-state index in [0.717, 1.165) is 5.56 Å². The molecule has 0 aromatic heterocycles. The van der Waals surface area contributed by atoms with Gasteiger partial charge in [0.15, 0.2) is 11.5 Å². The number of carbonyl (C=O) groups is 2. The topological polar surface area (TPSA) is 85.5 Å². The van der Waals surface area contributed by atoms with E-state index in [1.807, 2.05) is 6.92 Å². The average Bonchev–Trinajstić information content (AvgIpc) is 2.97. The van der Waals surface area contributed by atoms with Crippen LogP contribution in [0.3, 0.4) is 0 Å². The van der Waals surface area contributed by atoms with Crippen LogP contribution in [0, 0.1) is 0 Å². The van der Waals surface area contributed by atoms with Crippen LogP contribution >= 0.6 is 0 Å². The molecule has 1 unspecified atom stereocenters. The highest BCUT2D eigenvalue weighted by Crippen LogP contribution is 2.27. The molecular formula is C19H23N4O4+. The Balaban J connectivity index is 1.94. The molecule has 2 aliphatic heterocycles. The smallest absolute Gasteiger partial charge is 0.334 e. The molecule has 27 heavy (non-hydrogen) atoms. The second-order valence-electron chi connectivity index (χ2n) is 6.22. The second-order valence-corrected chi connectivity index (χ2v) is 6.22. The molecule has 0 aliphatic carbocycles. The molecule has 142 valence electrons. The van der Waals surface area contributed by atoms with Crippen LogP contribution in [-0.4, -0.2) is 76.4 Å². The lowest BCUT2D eigenvalue weighted by molar-refractivity contribution is -0.504. The fourth-order valence-electron chi connectivity index (χ4n) is 3.26. The van der Waals surface area contributed by atoms with Crippen molar-refractivity contribution in [3.8, 4) is 11.5 Å². The Bertz CT molecular complexity index is 888. The first kappa shape index (κ1) is 18.6. The minimum absolute atomic E-state index is 0.0425. The van der Waals surface area contributed by atoms with Gasteiger partial charge in [-0.25, -0.2) is 9.37 Å². The number of hydrogen-bond donors (Lipinski definition) is 1. The first-order valence-corrected chi connectivity index (χ1v) is 8.79. The number of fused-ring (bicyclic) bond motifs is 1. The summed E-state index contributed by atoms with van der Waals surface area (Å²) in [7, 11) is 3.27. The Labute approximate surface area is 157 Å². The molecule has 1 aromatic carbocycles. The van der Waals surface area contributed by atoms with Crippen molar-refractivity contribution in [2.45, 2.75) is 19.9 Å². The van der Waals surface area contributed by atoms with Gasteiger partial charge in [-0.2, -0.15) is 0 Å². The number of likely N-dealkylation sites (N-methyl/N-ethyl adjacent to an activating group) is 3. The van der Waals surface area contributed by atoms with E-state index in [-0.39, 0.29) is 17.7 Å². The van der Waals surface area contributed by atoms with Gasteiger partial charge in [0.25, 0.3) is 17.8 Å². The summed E-state index contributed by atoms with van der Waals surface area (Å²) < 4.78 is 6.80. The summed E-state index contributed by atoms with van der Waals surface area (Å²) in [6, 6.07) is 4.11. The van der Waals surface area contributed by atoms with Crippen LogP contribution in [0.5, 0.6) is 11.5 Å². The maximum absolute atomic E-state index is 12.7. The lowest BCUT2D eigenvalue weighted by Crippen LogP contribution is -2.63. The number of methoxy groups -OCH3 is 1. The van der Waals surface area contributed by atoms with Gasteiger partial charge in [0.1, 0.15) is 0 Å². The number of amides is 3. The highest BCUT2D eigenvalue weighted by molar-refractivity contribution is 6.24. The summed E-state index contributed by atoms with van der Waals surface area (Å²) in [6.07, 6.45) is 3.54. The Morgan fingerprint density at radius 1 is 1.22 bits per heavy atom. The highest BCUT2D eigenvalue weighted by Gasteiger charge is 2.52. The lowest BCUT2D eigenvalue weighted by Gasteiger charge is -2.33. The number of phenolic OH excluding ortho intramolecular Hbond substituents is 1. The van der Waals surface area contributed by atoms with Gasteiger partial charge >= 0.3 is 11.9 Å². The van der Waals surface area contributed by atoms with Crippen LogP contribution < -0.4 is 4.74 Å². The molecule has 0 spiro atoms. The second kappa shape index (κ2) is 7.22. The van der Waals surface area contributed by atoms with Crippen molar-refractivity contribution in [1.29, 1.82) is 0 Å². The van der Waals surface area contributed by atoms with Gasteiger partial charge in [0.05, 0.1) is 14.2 Å². The first-order valence-electron chi connectivity index (χ1n) is 8.79. The van der Waals surface area contributed by atoms with Crippen LogP contribution in [0.4, 0.5) is 4.79 Å². The predicted molar refractivity (Wildman–Crippen MR) is 101 cm³/mol. The van der Waals surface area contributed by atoms with Crippen LogP contribution in [0.2, 0.25) is 0 Å². The normalized spacial score (nSPS) is 19.9. The van der Waals surface area contributed by atoms with E-state index in [1.54, 1.807) is 48.9 Å². The number of urea groups is 1. The summed E-state index contributed by atoms with van der Waals surface area (Å²) >= 11 is 0. The number of imide groups is 1. The monoisotopic (exact) mass is 371 g/mol.